The molecule has 1 aromatic carbocycles. The molecule has 4 heteroatoms. The number of carboxylic acids is 1. The number of nitrogen functional groups attached to an aromatic ring is 1. The van der Waals surface area contributed by atoms with E-state index >= 15 is 0 Å². The van der Waals surface area contributed by atoms with Crippen LogP contribution in [0.15, 0.2) is 18.2 Å². The van der Waals surface area contributed by atoms with Crippen LogP contribution in [-0.4, -0.2) is 17.2 Å². The van der Waals surface area contributed by atoms with Crippen molar-refractivity contribution >= 4 is 11.7 Å². The number of rotatable bonds is 4. The molecule has 1 saturated carbocycles. The number of benzene rings is 1. The van der Waals surface area contributed by atoms with Crippen molar-refractivity contribution in [3.63, 3.8) is 0 Å². The molecule has 0 aliphatic heterocycles. The zero-order chi connectivity index (χ0) is 15.6. The van der Waals surface area contributed by atoms with E-state index in [-0.39, 0.29) is 17.4 Å². The van der Waals surface area contributed by atoms with Crippen molar-refractivity contribution < 1.29 is 14.6 Å². The average Bonchev–Trinajstić information content (AvgIpc) is 2.40. The number of hydrogen-bond acceptors (Lipinski definition) is 3. The van der Waals surface area contributed by atoms with Gasteiger partial charge in [-0.15, -0.1) is 0 Å². The van der Waals surface area contributed by atoms with E-state index in [0.29, 0.717) is 23.5 Å². The highest BCUT2D eigenvalue weighted by atomic mass is 16.5. The summed E-state index contributed by atoms with van der Waals surface area (Å²) in [6, 6.07) is 4.96. The van der Waals surface area contributed by atoms with Crippen LogP contribution in [-0.2, 0) is 0 Å². The molecule has 1 aliphatic carbocycles. The number of ether oxygens (including phenoxy) is 1. The average molecular weight is 291 g/mol. The highest BCUT2D eigenvalue weighted by molar-refractivity contribution is 5.95. The van der Waals surface area contributed by atoms with Gasteiger partial charge in [0.1, 0.15) is 11.9 Å². The predicted octanol–water partition coefficient (Wildman–Crippen LogP) is 3.81. The highest BCUT2D eigenvalue weighted by Crippen LogP contribution is 2.37. The maximum Gasteiger partial charge on any atom is 0.337 e. The Morgan fingerprint density at radius 1 is 1.38 bits per heavy atom. The molecular formula is C17H25NO3. The van der Waals surface area contributed by atoms with Gasteiger partial charge in [-0.05, 0) is 42.7 Å². The highest BCUT2D eigenvalue weighted by Gasteiger charge is 2.32. The first kappa shape index (κ1) is 15.7. The third-order valence-electron chi connectivity index (χ3n) is 4.54. The maximum absolute atomic E-state index is 11.2. The van der Waals surface area contributed by atoms with Crippen LogP contribution in [0.4, 0.5) is 5.69 Å². The second-order valence-corrected chi connectivity index (χ2v) is 6.50. The van der Waals surface area contributed by atoms with Crippen LogP contribution in [0.1, 0.15) is 50.4 Å². The molecule has 21 heavy (non-hydrogen) atoms. The predicted molar refractivity (Wildman–Crippen MR) is 83.6 cm³/mol. The summed E-state index contributed by atoms with van der Waals surface area (Å²) >= 11 is 0. The Morgan fingerprint density at radius 2 is 2.10 bits per heavy atom. The van der Waals surface area contributed by atoms with E-state index in [0.717, 1.165) is 12.8 Å². The van der Waals surface area contributed by atoms with Crippen LogP contribution in [0, 0.1) is 17.8 Å². The van der Waals surface area contributed by atoms with Crippen molar-refractivity contribution in [3.8, 4) is 5.75 Å². The molecule has 3 atom stereocenters. The molecule has 2 rings (SSSR count). The van der Waals surface area contributed by atoms with Crippen LogP contribution >= 0.6 is 0 Å². The number of carbonyl (C=O) groups is 1. The second kappa shape index (κ2) is 6.37. The lowest BCUT2D eigenvalue weighted by Crippen LogP contribution is -2.36. The van der Waals surface area contributed by atoms with E-state index < -0.39 is 5.97 Å². The summed E-state index contributed by atoms with van der Waals surface area (Å²) in [5, 5.41) is 9.14. The van der Waals surface area contributed by atoms with Crippen LogP contribution < -0.4 is 10.5 Å². The van der Waals surface area contributed by atoms with Gasteiger partial charge >= 0.3 is 5.97 Å². The van der Waals surface area contributed by atoms with Gasteiger partial charge in [0.15, 0.2) is 0 Å². The molecule has 0 radical (unpaired) electrons. The van der Waals surface area contributed by atoms with Gasteiger partial charge in [-0.1, -0.05) is 33.3 Å². The Morgan fingerprint density at radius 3 is 2.71 bits per heavy atom. The van der Waals surface area contributed by atoms with Crippen molar-refractivity contribution in [1.82, 2.24) is 0 Å². The number of nitrogens with two attached hydrogens (primary N) is 1. The van der Waals surface area contributed by atoms with E-state index in [2.05, 4.69) is 20.8 Å². The molecule has 1 fully saturated rings. The molecule has 3 N–H and O–H groups in total. The molecule has 1 aliphatic rings. The standard InChI is InChI=1S/C17H25NO3/c1-10(2)12-8-7-11(3)9-15(12)21-14-6-4-5-13(16(14)18)17(19)20/h4-6,10-12,15H,7-9,18H2,1-3H3,(H,19,20). The van der Waals surface area contributed by atoms with Crippen LogP contribution in [0.25, 0.3) is 0 Å². The number of carboxylic acid groups (broad SMARTS) is 1. The molecule has 1 aromatic rings. The normalized spacial score (nSPS) is 25.8. The van der Waals surface area contributed by atoms with E-state index in [1.54, 1.807) is 12.1 Å². The minimum Gasteiger partial charge on any atom is -0.488 e. The molecule has 3 unspecified atom stereocenters. The lowest BCUT2D eigenvalue weighted by molar-refractivity contribution is 0.0463. The molecule has 0 aromatic heterocycles. The fourth-order valence-corrected chi connectivity index (χ4v) is 3.25. The Balaban J connectivity index is 2.23. The maximum atomic E-state index is 11.2. The molecule has 4 nitrogen and oxygen atoms in total. The lowest BCUT2D eigenvalue weighted by Gasteiger charge is -2.37. The van der Waals surface area contributed by atoms with Crippen molar-refractivity contribution in [2.24, 2.45) is 17.8 Å². The molecule has 0 heterocycles. The smallest absolute Gasteiger partial charge is 0.337 e. The Bertz CT molecular complexity index is 513. The molecule has 0 bridgehead atoms. The minimum absolute atomic E-state index is 0.109. The summed E-state index contributed by atoms with van der Waals surface area (Å²) in [7, 11) is 0. The Labute approximate surface area is 126 Å². The van der Waals surface area contributed by atoms with Crippen LogP contribution in [0.5, 0.6) is 5.75 Å². The Kier molecular flexibility index (Phi) is 4.76. The summed E-state index contributed by atoms with van der Waals surface area (Å²) in [6.07, 6.45) is 3.50. The molecule has 116 valence electrons. The fourth-order valence-electron chi connectivity index (χ4n) is 3.25. The van der Waals surface area contributed by atoms with Gasteiger partial charge in [0.2, 0.25) is 0 Å². The van der Waals surface area contributed by atoms with Gasteiger partial charge in [0.25, 0.3) is 0 Å². The molecule has 0 amide bonds. The zero-order valence-corrected chi connectivity index (χ0v) is 13.0. The monoisotopic (exact) mass is 291 g/mol. The van der Waals surface area contributed by atoms with Gasteiger partial charge in [-0.3, -0.25) is 0 Å². The summed E-state index contributed by atoms with van der Waals surface area (Å²) in [5.41, 5.74) is 6.29. The minimum atomic E-state index is -1.02. The van der Waals surface area contributed by atoms with Gasteiger partial charge in [-0.2, -0.15) is 0 Å². The molecule has 0 spiro atoms. The summed E-state index contributed by atoms with van der Waals surface area (Å²) in [5.74, 6) is 1.16. The number of anilines is 1. The Hall–Kier alpha value is -1.71. The third-order valence-corrected chi connectivity index (χ3v) is 4.54. The van der Waals surface area contributed by atoms with Crippen LogP contribution in [0.3, 0.4) is 0 Å². The van der Waals surface area contributed by atoms with Crippen molar-refractivity contribution in [1.29, 1.82) is 0 Å². The van der Waals surface area contributed by atoms with Crippen molar-refractivity contribution in [3.05, 3.63) is 23.8 Å². The molecular weight excluding hydrogens is 266 g/mol. The number of aromatic carboxylic acids is 1. The third kappa shape index (κ3) is 3.49. The van der Waals surface area contributed by atoms with E-state index in [1.165, 1.54) is 12.5 Å². The van der Waals surface area contributed by atoms with Gasteiger partial charge < -0.3 is 15.6 Å². The van der Waals surface area contributed by atoms with Gasteiger partial charge in [0, 0.05) is 0 Å². The topological polar surface area (TPSA) is 72.5 Å². The summed E-state index contributed by atoms with van der Waals surface area (Å²) < 4.78 is 6.13. The van der Waals surface area contributed by atoms with Crippen molar-refractivity contribution in [2.45, 2.75) is 46.1 Å². The fraction of sp³-hybridized carbons (Fsp3) is 0.588. The second-order valence-electron chi connectivity index (χ2n) is 6.50. The SMILES string of the molecule is CC1CCC(C(C)C)C(Oc2cccc(C(=O)O)c2N)C1. The van der Waals surface area contributed by atoms with Gasteiger partial charge in [0.05, 0.1) is 11.3 Å². The number of hydrogen-bond donors (Lipinski definition) is 2. The first-order chi connectivity index (χ1) is 9.90. The lowest BCUT2D eigenvalue weighted by atomic mass is 9.75. The molecule has 0 saturated heterocycles. The first-order valence-corrected chi connectivity index (χ1v) is 7.68. The summed E-state index contributed by atoms with van der Waals surface area (Å²) in [6.45, 7) is 6.67. The largest absolute Gasteiger partial charge is 0.488 e. The van der Waals surface area contributed by atoms with E-state index in [9.17, 15) is 4.79 Å². The van der Waals surface area contributed by atoms with Crippen molar-refractivity contribution in [2.75, 3.05) is 5.73 Å². The van der Waals surface area contributed by atoms with Crippen LogP contribution in [0.2, 0.25) is 0 Å². The van der Waals surface area contributed by atoms with E-state index in [4.69, 9.17) is 15.6 Å². The quantitative estimate of drug-likeness (QED) is 0.827. The zero-order valence-electron chi connectivity index (χ0n) is 13.0. The van der Waals surface area contributed by atoms with E-state index in [1.807, 2.05) is 0 Å². The first-order valence-electron chi connectivity index (χ1n) is 7.68. The van der Waals surface area contributed by atoms with Gasteiger partial charge in [-0.25, -0.2) is 4.79 Å². The number of para-hydroxylation sites is 1. The summed E-state index contributed by atoms with van der Waals surface area (Å²) in [4.78, 5) is 11.2.